The highest BCUT2D eigenvalue weighted by Gasteiger charge is 2.06. The van der Waals surface area contributed by atoms with Crippen LogP contribution in [-0.2, 0) is 6.54 Å². The SMILES string of the molecule is CNc1cn2ccnc2c(NCc2ccccn2)n1. The quantitative estimate of drug-likeness (QED) is 0.743. The lowest BCUT2D eigenvalue weighted by molar-refractivity contribution is 1.02. The van der Waals surface area contributed by atoms with Gasteiger partial charge in [0.25, 0.3) is 0 Å². The summed E-state index contributed by atoms with van der Waals surface area (Å²) in [4.78, 5) is 13.0. The van der Waals surface area contributed by atoms with E-state index >= 15 is 0 Å². The van der Waals surface area contributed by atoms with Crippen LogP contribution in [0, 0.1) is 0 Å². The van der Waals surface area contributed by atoms with Gasteiger partial charge in [-0.3, -0.25) is 4.98 Å². The van der Waals surface area contributed by atoms with Crippen LogP contribution >= 0.6 is 0 Å². The molecule has 0 bridgehead atoms. The summed E-state index contributed by atoms with van der Waals surface area (Å²) in [5, 5.41) is 6.30. The second-order valence-electron chi connectivity index (χ2n) is 4.06. The van der Waals surface area contributed by atoms with E-state index in [9.17, 15) is 0 Å². The molecule has 0 amide bonds. The Morgan fingerprint density at radius 3 is 2.95 bits per heavy atom. The molecule has 0 saturated heterocycles. The zero-order valence-electron chi connectivity index (χ0n) is 10.5. The number of hydrogen-bond acceptors (Lipinski definition) is 5. The molecule has 3 aromatic heterocycles. The molecule has 0 aliphatic heterocycles. The highest BCUT2D eigenvalue weighted by Crippen LogP contribution is 2.16. The van der Waals surface area contributed by atoms with Crippen LogP contribution in [0.2, 0.25) is 0 Å². The second kappa shape index (κ2) is 4.93. The maximum Gasteiger partial charge on any atom is 0.180 e. The zero-order chi connectivity index (χ0) is 13.1. The molecule has 6 heteroatoms. The van der Waals surface area contributed by atoms with Gasteiger partial charge in [-0.2, -0.15) is 0 Å². The minimum Gasteiger partial charge on any atom is -0.372 e. The standard InChI is InChI=1S/C13H14N6/c1-14-11-9-19-7-6-16-13(19)12(18-11)17-8-10-4-2-3-5-15-10/h2-7,9,14H,8H2,1H3,(H,17,18). The third-order valence-corrected chi connectivity index (χ3v) is 2.79. The van der Waals surface area contributed by atoms with E-state index in [2.05, 4.69) is 25.6 Å². The zero-order valence-corrected chi connectivity index (χ0v) is 10.5. The van der Waals surface area contributed by atoms with Crippen LogP contribution < -0.4 is 10.6 Å². The summed E-state index contributed by atoms with van der Waals surface area (Å²) in [6.07, 6.45) is 7.32. The van der Waals surface area contributed by atoms with Crippen LogP contribution in [0.1, 0.15) is 5.69 Å². The molecule has 0 aromatic carbocycles. The van der Waals surface area contributed by atoms with E-state index in [0.717, 1.165) is 23.0 Å². The Kier molecular flexibility index (Phi) is 2.97. The Hall–Kier alpha value is -2.63. The molecule has 6 nitrogen and oxygen atoms in total. The second-order valence-corrected chi connectivity index (χ2v) is 4.06. The summed E-state index contributed by atoms with van der Waals surface area (Å²) >= 11 is 0. The van der Waals surface area contributed by atoms with Gasteiger partial charge in [0, 0.05) is 25.6 Å². The van der Waals surface area contributed by atoms with Crippen LogP contribution in [0.25, 0.3) is 5.65 Å². The first-order valence-electron chi connectivity index (χ1n) is 6.02. The van der Waals surface area contributed by atoms with Gasteiger partial charge in [0.1, 0.15) is 5.82 Å². The molecule has 0 aliphatic carbocycles. The first-order valence-corrected chi connectivity index (χ1v) is 6.02. The molecule has 0 saturated carbocycles. The van der Waals surface area contributed by atoms with E-state index < -0.39 is 0 Å². The first-order chi connectivity index (χ1) is 9.36. The van der Waals surface area contributed by atoms with E-state index in [0.29, 0.717) is 6.54 Å². The fourth-order valence-corrected chi connectivity index (χ4v) is 1.85. The minimum absolute atomic E-state index is 0.615. The first kappa shape index (κ1) is 11.5. The number of anilines is 2. The van der Waals surface area contributed by atoms with Crippen molar-refractivity contribution in [2.45, 2.75) is 6.54 Å². The fourth-order valence-electron chi connectivity index (χ4n) is 1.85. The number of rotatable bonds is 4. The maximum absolute atomic E-state index is 4.47. The lowest BCUT2D eigenvalue weighted by Gasteiger charge is -2.09. The smallest absolute Gasteiger partial charge is 0.180 e. The summed E-state index contributed by atoms with van der Waals surface area (Å²) < 4.78 is 1.93. The molecular weight excluding hydrogens is 240 g/mol. The van der Waals surface area contributed by atoms with Gasteiger partial charge >= 0.3 is 0 Å². The Balaban J connectivity index is 1.89. The van der Waals surface area contributed by atoms with Gasteiger partial charge in [-0.25, -0.2) is 9.97 Å². The van der Waals surface area contributed by atoms with Crippen molar-refractivity contribution in [3.63, 3.8) is 0 Å². The Labute approximate surface area is 110 Å². The average molecular weight is 254 g/mol. The minimum atomic E-state index is 0.615. The van der Waals surface area contributed by atoms with Crippen LogP contribution in [0.5, 0.6) is 0 Å². The van der Waals surface area contributed by atoms with Crippen LogP contribution in [-0.4, -0.2) is 26.4 Å². The van der Waals surface area contributed by atoms with Gasteiger partial charge in [0.15, 0.2) is 11.5 Å². The third kappa shape index (κ3) is 2.33. The van der Waals surface area contributed by atoms with E-state index in [1.807, 2.05) is 42.0 Å². The average Bonchev–Trinajstić information content (AvgIpc) is 2.94. The van der Waals surface area contributed by atoms with Crippen molar-refractivity contribution in [2.75, 3.05) is 17.7 Å². The van der Waals surface area contributed by atoms with Gasteiger partial charge in [-0.15, -0.1) is 0 Å². The highest BCUT2D eigenvalue weighted by molar-refractivity contribution is 5.65. The number of hydrogen-bond donors (Lipinski definition) is 2. The van der Waals surface area contributed by atoms with Crippen molar-refractivity contribution in [1.82, 2.24) is 19.4 Å². The molecule has 0 radical (unpaired) electrons. The van der Waals surface area contributed by atoms with Crippen molar-refractivity contribution in [3.8, 4) is 0 Å². The number of nitrogens with one attached hydrogen (secondary N) is 2. The third-order valence-electron chi connectivity index (χ3n) is 2.79. The molecule has 2 N–H and O–H groups in total. The molecule has 3 rings (SSSR count). The molecule has 0 spiro atoms. The Morgan fingerprint density at radius 2 is 2.16 bits per heavy atom. The summed E-state index contributed by atoms with van der Waals surface area (Å²) in [7, 11) is 1.84. The van der Waals surface area contributed by atoms with Crippen LogP contribution in [0.3, 0.4) is 0 Å². The van der Waals surface area contributed by atoms with Gasteiger partial charge < -0.3 is 15.0 Å². The molecular formula is C13H14N6. The lowest BCUT2D eigenvalue weighted by atomic mass is 10.3. The van der Waals surface area contributed by atoms with Crippen LogP contribution in [0.15, 0.2) is 43.0 Å². The predicted molar refractivity (Wildman–Crippen MR) is 74.1 cm³/mol. The number of aromatic nitrogens is 4. The fraction of sp³-hybridized carbons (Fsp3) is 0.154. The van der Waals surface area contributed by atoms with Crippen molar-refractivity contribution >= 4 is 17.3 Å². The molecule has 0 atom stereocenters. The summed E-state index contributed by atoms with van der Waals surface area (Å²) in [6, 6.07) is 5.83. The number of pyridine rings is 1. The van der Waals surface area contributed by atoms with Crippen molar-refractivity contribution in [3.05, 3.63) is 48.7 Å². The number of nitrogens with zero attached hydrogens (tertiary/aromatic N) is 4. The van der Waals surface area contributed by atoms with Gasteiger partial charge in [-0.05, 0) is 12.1 Å². The van der Waals surface area contributed by atoms with E-state index in [1.165, 1.54) is 0 Å². The monoisotopic (exact) mass is 254 g/mol. The lowest BCUT2D eigenvalue weighted by Crippen LogP contribution is -2.07. The Bertz CT molecular complexity index is 676. The summed E-state index contributed by atoms with van der Waals surface area (Å²) in [6.45, 7) is 0.615. The number of imidazole rings is 1. The number of fused-ring (bicyclic) bond motifs is 1. The molecule has 3 aromatic rings. The molecule has 0 fully saturated rings. The van der Waals surface area contributed by atoms with Gasteiger partial charge in [0.05, 0.1) is 18.4 Å². The summed E-state index contributed by atoms with van der Waals surface area (Å²) in [5.41, 5.74) is 1.76. The van der Waals surface area contributed by atoms with Crippen molar-refractivity contribution in [2.24, 2.45) is 0 Å². The Morgan fingerprint density at radius 1 is 1.21 bits per heavy atom. The predicted octanol–water partition coefficient (Wildman–Crippen LogP) is 1.78. The normalized spacial score (nSPS) is 10.6. The highest BCUT2D eigenvalue weighted by atomic mass is 15.1. The van der Waals surface area contributed by atoms with E-state index in [-0.39, 0.29) is 0 Å². The van der Waals surface area contributed by atoms with Gasteiger partial charge in [0.2, 0.25) is 0 Å². The molecule has 3 heterocycles. The largest absolute Gasteiger partial charge is 0.372 e. The van der Waals surface area contributed by atoms with Gasteiger partial charge in [-0.1, -0.05) is 6.07 Å². The topological polar surface area (TPSA) is 67.1 Å². The molecule has 96 valence electrons. The molecule has 0 aliphatic rings. The summed E-state index contributed by atoms with van der Waals surface area (Å²) in [5.74, 6) is 1.52. The molecule has 0 unspecified atom stereocenters. The molecule has 19 heavy (non-hydrogen) atoms. The van der Waals surface area contributed by atoms with E-state index in [1.54, 1.807) is 12.4 Å². The van der Waals surface area contributed by atoms with Crippen LogP contribution in [0.4, 0.5) is 11.6 Å². The van der Waals surface area contributed by atoms with E-state index in [4.69, 9.17) is 0 Å². The maximum atomic E-state index is 4.47. The van der Waals surface area contributed by atoms with Crippen molar-refractivity contribution in [1.29, 1.82) is 0 Å². The van der Waals surface area contributed by atoms with Crippen molar-refractivity contribution < 1.29 is 0 Å².